The van der Waals surface area contributed by atoms with Crippen molar-refractivity contribution in [3.8, 4) is 0 Å². The molecule has 1 aromatic rings. The first-order valence-corrected chi connectivity index (χ1v) is 7.36. The van der Waals surface area contributed by atoms with Crippen molar-refractivity contribution in [2.75, 3.05) is 25.1 Å². The minimum absolute atomic E-state index is 0.0126. The van der Waals surface area contributed by atoms with E-state index < -0.39 is 17.8 Å². The molecule has 1 unspecified atom stereocenters. The van der Waals surface area contributed by atoms with Crippen LogP contribution in [0.1, 0.15) is 19.4 Å². The van der Waals surface area contributed by atoms with Crippen molar-refractivity contribution in [3.05, 3.63) is 28.2 Å². The van der Waals surface area contributed by atoms with E-state index in [9.17, 15) is 18.3 Å². The average molecular weight is 370 g/mol. The third-order valence-corrected chi connectivity index (χ3v) is 3.27. The van der Waals surface area contributed by atoms with Gasteiger partial charge in [-0.2, -0.15) is 13.2 Å². The highest BCUT2D eigenvalue weighted by Crippen LogP contribution is 2.36. The molecular weight excluding hydrogens is 351 g/mol. The lowest BCUT2D eigenvalue weighted by Gasteiger charge is -2.16. The summed E-state index contributed by atoms with van der Waals surface area (Å²) in [6.07, 6.45) is -5.20. The Morgan fingerprint density at radius 3 is 2.52 bits per heavy atom. The van der Waals surface area contributed by atoms with Crippen LogP contribution in [0, 0.1) is 5.92 Å². The first-order chi connectivity index (χ1) is 9.70. The molecule has 7 heteroatoms. The highest BCUT2D eigenvalue weighted by Gasteiger charge is 2.33. The minimum atomic E-state index is -4.42. The number of hydrogen-bond acceptors (Lipinski definition) is 3. The first-order valence-electron chi connectivity index (χ1n) is 6.56. The number of aliphatic hydroxyl groups excluding tert-OH is 1. The molecule has 1 rings (SSSR count). The van der Waals surface area contributed by atoms with Crippen molar-refractivity contribution in [2.45, 2.75) is 26.1 Å². The largest absolute Gasteiger partial charge is 0.417 e. The number of anilines is 1. The van der Waals surface area contributed by atoms with E-state index in [4.69, 9.17) is 4.74 Å². The average Bonchev–Trinajstić information content (AvgIpc) is 2.36. The fraction of sp³-hybridized carbons (Fsp3) is 0.571. The number of aliphatic hydroxyl groups is 1. The van der Waals surface area contributed by atoms with Crippen LogP contribution in [-0.4, -0.2) is 31.0 Å². The van der Waals surface area contributed by atoms with E-state index in [2.05, 4.69) is 21.2 Å². The van der Waals surface area contributed by atoms with Gasteiger partial charge in [0.05, 0.1) is 18.3 Å². The van der Waals surface area contributed by atoms with Crippen LogP contribution in [0.2, 0.25) is 0 Å². The third-order valence-electron chi connectivity index (χ3n) is 2.57. The number of nitrogens with one attached hydrogen (secondary N) is 1. The molecule has 3 nitrogen and oxygen atoms in total. The van der Waals surface area contributed by atoms with Gasteiger partial charge in [-0.15, -0.1) is 0 Å². The third kappa shape index (κ3) is 6.67. The van der Waals surface area contributed by atoms with Crippen molar-refractivity contribution in [3.63, 3.8) is 0 Å². The molecule has 1 aromatic carbocycles. The molecule has 0 fully saturated rings. The van der Waals surface area contributed by atoms with Gasteiger partial charge in [-0.05, 0) is 24.1 Å². The summed E-state index contributed by atoms with van der Waals surface area (Å²) in [6.45, 7) is 4.79. The summed E-state index contributed by atoms with van der Waals surface area (Å²) in [7, 11) is 0. The van der Waals surface area contributed by atoms with Gasteiger partial charge in [-0.1, -0.05) is 29.8 Å². The number of ether oxygens (including phenoxy) is 1. The molecular formula is C14H19BrF3NO2. The fourth-order valence-electron chi connectivity index (χ4n) is 1.59. The van der Waals surface area contributed by atoms with Gasteiger partial charge in [0, 0.05) is 23.3 Å². The maximum atomic E-state index is 12.7. The summed E-state index contributed by atoms with van der Waals surface area (Å²) in [5.41, 5.74) is -0.452. The van der Waals surface area contributed by atoms with E-state index in [-0.39, 0.29) is 17.6 Å². The quantitative estimate of drug-likeness (QED) is 0.765. The van der Waals surface area contributed by atoms with Crippen LogP contribution in [0.25, 0.3) is 0 Å². The second kappa shape index (κ2) is 8.00. The smallest absolute Gasteiger partial charge is 0.389 e. The summed E-state index contributed by atoms with van der Waals surface area (Å²) in [5, 5.41) is 12.5. The maximum Gasteiger partial charge on any atom is 0.417 e. The van der Waals surface area contributed by atoms with Crippen molar-refractivity contribution in [1.29, 1.82) is 0 Å². The number of rotatable bonds is 7. The van der Waals surface area contributed by atoms with Crippen molar-refractivity contribution in [1.82, 2.24) is 0 Å². The van der Waals surface area contributed by atoms with Crippen LogP contribution in [0.3, 0.4) is 0 Å². The number of alkyl halides is 3. The van der Waals surface area contributed by atoms with Crippen LogP contribution >= 0.6 is 15.9 Å². The Labute approximate surface area is 130 Å². The zero-order valence-corrected chi connectivity index (χ0v) is 13.5. The lowest BCUT2D eigenvalue weighted by atomic mass is 10.2. The Balaban J connectivity index is 2.52. The van der Waals surface area contributed by atoms with Gasteiger partial charge in [0.1, 0.15) is 0 Å². The molecule has 0 aromatic heterocycles. The molecule has 0 bridgehead atoms. The second-order valence-corrected chi connectivity index (χ2v) is 6.01. The molecule has 0 spiro atoms. The minimum Gasteiger partial charge on any atom is -0.389 e. The molecule has 1 atom stereocenters. The van der Waals surface area contributed by atoms with Gasteiger partial charge in [0.2, 0.25) is 0 Å². The Morgan fingerprint density at radius 1 is 1.29 bits per heavy atom. The number of benzene rings is 1. The molecule has 0 aliphatic carbocycles. The normalized spacial score (nSPS) is 13.5. The second-order valence-electron chi connectivity index (χ2n) is 5.16. The molecule has 21 heavy (non-hydrogen) atoms. The van der Waals surface area contributed by atoms with E-state index in [1.54, 1.807) is 0 Å². The van der Waals surface area contributed by atoms with E-state index in [1.165, 1.54) is 12.1 Å². The predicted molar refractivity (Wildman–Crippen MR) is 79.3 cm³/mol. The summed E-state index contributed by atoms with van der Waals surface area (Å²) >= 11 is 2.88. The van der Waals surface area contributed by atoms with Crippen LogP contribution in [0.15, 0.2) is 22.7 Å². The van der Waals surface area contributed by atoms with Crippen molar-refractivity contribution in [2.24, 2.45) is 5.92 Å². The maximum absolute atomic E-state index is 12.7. The summed E-state index contributed by atoms with van der Waals surface area (Å²) in [4.78, 5) is 0. The summed E-state index contributed by atoms with van der Waals surface area (Å²) in [5.74, 6) is 0.367. The molecule has 0 heterocycles. The van der Waals surface area contributed by atoms with Gasteiger partial charge < -0.3 is 15.2 Å². The number of hydrogen-bond donors (Lipinski definition) is 2. The van der Waals surface area contributed by atoms with E-state index in [0.29, 0.717) is 18.2 Å². The van der Waals surface area contributed by atoms with Crippen LogP contribution in [-0.2, 0) is 10.9 Å². The zero-order valence-electron chi connectivity index (χ0n) is 11.9. The molecule has 0 aliphatic heterocycles. The lowest BCUT2D eigenvalue weighted by molar-refractivity contribution is -0.138. The van der Waals surface area contributed by atoms with Gasteiger partial charge in [-0.3, -0.25) is 0 Å². The SMILES string of the molecule is CC(C)COCC(O)CNc1ccc(Br)c(C(F)(F)F)c1. The summed E-state index contributed by atoms with van der Waals surface area (Å²) < 4.78 is 43.5. The lowest BCUT2D eigenvalue weighted by Crippen LogP contribution is -2.25. The highest BCUT2D eigenvalue weighted by molar-refractivity contribution is 9.10. The molecule has 0 aliphatic rings. The van der Waals surface area contributed by atoms with Crippen LogP contribution < -0.4 is 5.32 Å². The predicted octanol–water partition coefficient (Wildman–Crippen LogP) is 3.91. The topological polar surface area (TPSA) is 41.5 Å². The fourth-order valence-corrected chi connectivity index (χ4v) is 2.06. The van der Waals surface area contributed by atoms with E-state index in [0.717, 1.165) is 6.07 Å². The molecule has 0 amide bonds. The van der Waals surface area contributed by atoms with Gasteiger partial charge in [0.15, 0.2) is 0 Å². The van der Waals surface area contributed by atoms with Gasteiger partial charge >= 0.3 is 6.18 Å². The van der Waals surface area contributed by atoms with Crippen molar-refractivity contribution >= 4 is 21.6 Å². The van der Waals surface area contributed by atoms with E-state index >= 15 is 0 Å². The van der Waals surface area contributed by atoms with E-state index in [1.807, 2.05) is 13.8 Å². The molecule has 120 valence electrons. The number of halogens is 4. The van der Waals surface area contributed by atoms with Crippen LogP contribution in [0.4, 0.5) is 18.9 Å². The van der Waals surface area contributed by atoms with Gasteiger partial charge in [-0.25, -0.2) is 0 Å². The Kier molecular flexibility index (Phi) is 6.96. The summed E-state index contributed by atoms with van der Waals surface area (Å²) in [6, 6.07) is 3.85. The first kappa shape index (κ1) is 18.3. The monoisotopic (exact) mass is 369 g/mol. The van der Waals surface area contributed by atoms with Crippen molar-refractivity contribution < 1.29 is 23.0 Å². The Morgan fingerprint density at radius 2 is 1.95 bits per heavy atom. The van der Waals surface area contributed by atoms with Gasteiger partial charge in [0.25, 0.3) is 0 Å². The molecule has 2 N–H and O–H groups in total. The molecule has 0 saturated heterocycles. The highest BCUT2D eigenvalue weighted by atomic mass is 79.9. The standard InChI is InChI=1S/C14H19BrF3NO2/c1-9(2)7-21-8-11(20)6-19-10-3-4-13(15)12(5-10)14(16,17)18/h3-5,9,11,19-20H,6-8H2,1-2H3. The van der Waals surface area contributed by atoms with Crippen LogP contribution in [0.5, 0.6) is 0 Å². The molecule has 0 radical (unpaired) electrons. The zero-order chi connectivity index (χ0) is 16.0. The Hall–Kier alpha value is -0.790. The Bertz CT molecular complexity index is 452. The molecule has 0 saturated carbocycles.